The van der Waals surface area contributed by atoms with Crippen LogP contribution in [-0.2, 0) is 11.2 Å². The quantitative estimate of drug-likeness (QED) is 0.762. The van der Waals surface area contributed by atoms with E-state index in [4.69, 9.17) is 0 Å². The lowest BCUT2D eigenvalue weighted by Gasteiger charge is -2.34. The second kappa shape index (κ2) is 7.22. The summed E-state index contributed by atoms with van der Waals surface area (Å²) in [4.78, 5) is 20.3. The van der Waals surface area contributed by atoms with Crippen LogP contribution in [0.15, 0.2) is 54.7 Å². The number of aromatic amines is 1. The van der Waals surface area contributed by atoms with Gasteiger partial charge in [0, 0.05) is 49.3 Å². The molecule has 0 radical (unpaired) electrons. The number of amides is 1. The summed E-state index contributed by atoms with van der Waals surface area (Å²) in [5.74, 6) is 0.00301. The number of benzene rings is 2. The van der Waals surface area contributed by atoms with Crippen molar-refractivity contribution in [3.63, 3.8) is 0 Å². The molecule has 1 fully saturated rings. The molecule has 26 heavy (non-hydrogen) atoms. The van der Waals surface area contributed by atoms with E-state index in [-0.39, 0.29) is 5.91 Å². The average molecular weight is 348 g/mol. The molecule has 1 amide bonds. The maximum absolute atomic E-state index is 12.3. The molecule has 0 atom stereocenters. The van der Waals surface area contributed by atoms with Gasteiger partial charge in [0.05, 0.1) is 6.42 Å². The Kier molecular flexibility index (Phi) is 4.63. The molecule has 0 bridgehead atoms. The van der Waals surface area contributed by atoms with Crippen LogP contribution in [0.4, 0.5) is 11.4 Å². The summed E-state index contributed by atoms with van der Waals surface area (Å²) in [6.45, 7) is 4.26. The molecule has 2 N–H and O–H groups in total. The van der Waals surface area contributed by atoms with E-state index in [9.17, 15) is 4.79 Å². The molecule has 3 aromatic rings. The van der Waals surface area contributed by atoms with E-state index >= 15 is 0 Å². The number of rotatable bonds is 4. The summed E-state index contributed by atoms with van der Waals surface area (Å²) in [7, 11) is 2.16. The van der Waals surface area contributed by atoms with Gasteiger partial charge in [-0.3, -0.25) is 4.79 Å². The van der Waals surface area contributed by atoms with E-state index in [0.717, 1.165) is 48.3 Å². The Balaban J connectivity index is 1.36. The van der Waals surface area contributed by atoms with Crippen LogP contribution in [0.5, 0.6) is 0 Å². The minimum Gasteiger partial charge on any atom is -0.369 e. The highest BCUT2D eigenvalue weighted by atomic mass is 16.1. The number of H-pyrrole nitrogens is 1. The molecule has 0 spiro atoms. The third-order valence-electron chi connectivity index (χ3n) is 5.00. The number of nitrogens with one attached hydrogen (secondary N) is 2. The summed E-state index contributed by atoms with van der Waals surface area (Å²) < 4.78 is 0. The zero-order chi connectivity index (χ0) is 17.9. The number of piperazine rings is 1. The number of hydrogen-bond donors (Lipinski definition) is 2. The van der Waals surface area contributed by atoms with Gasteiger partial charge in [-0.15, -0.1) is 0 Å². The predicted molar refractivity (Wildman–Crippen MR) is 107 cm³/mol. The van der Waals surface area contributed by atoms with Gasteiger partial charge < -0.3 is 20.1 Å². The van der Waals surface area contributed by atoms with Crippen molar-refractivity contribution >= 4 is 28.2 Å². The minimum absolute atomic E-state index is 0.00301. The molecule has 4 rings (SSSR count). The Morgan fingerprint density at radius 1 is 1.04 bits per heavy atom. The fraction of sp³-hybridized carbons (Fsp3) is 0.286. The lowest BCUT2D eigenvalue weighted by Crippen LogP contribution is -2.44. The van der Waals surface area contributed by atoms with Crippen LogP contribution in [0.1, 0.15) is 5.56 Å². The van der Waals surface area contributed by atoms with Gasteiger partial charge in [0.15, 0.2) is 0 Å². The number of fused-ring (bicyclic) bond motifs is 1. The van der Waals surface area contributed by atoms with E-state index in [1.165, 1.54) is 5.69 Å². The predicted octanol–water partition coefficient (Wildman–Crippen LogP) is 3.10. The number of likely N-dealkylation sites (N-methyl/N-ethyl adjacent to an activating group) is 1. The topological polar surface area (TPSA) is 51.4 Å². The van der Waals surface area contributed by atoms with E-state index in [1.807, 2.05) is 42.6 Å². The first-order chi connectivity index (χ1) is 12.7. The maximum Gasteiger partial charge on any atom is 0.228 e. The van der Waals surface area contributed by atoms with Crippen molar-refractivity contribution in [2.75, 3.05) is 43.4 Å². The van der Waals surface area contributed by atoms with Crippen LogP contribution in [0.25, 0.3) is 10.9 Å². The Hall–Kier alpha value is -2.79. The number of nitrogens with zero attached hydrogens (tertiary/aromatic N) is 2. The summed E-state index contributed by atoms with van der Waals surface area (Å²) in [5, 5.41) is 4.15. The van der Waals surface area contributed by atoms with Gasteiger partial charge in [0.2, 0.25) is 5.91 Å². The molecule has 2 heterocycles. The van der Waals surface area contributed by atoms with Crippen LogP contribution in [-0.4, -0.2) is 49.0 Å². The molecule has 1 aliphatic heterocycles. The first kappa shape index (κ1) is 16.7. The summed E-state index contributed by atoms with van der Waals surface area (Å²) in [5.41, 5.74) is 4.13. The van der Waals surface area contributed by atoms with Gasteiger partial charge in [0.1, 0.15) is 0 Å². The van der Waals surface area contributed by atoms with Crippen molar-refractivity contribution in [2.24, 2.45) is 0 Å². The molecule has 134 valence electrons. The molecule has 1 aromatic heterocycles. The Morgan fingerprint density at radius 2 is 1.81 bits per heavy atom. The van der Waals surface area contributed by atoms with Gasteiger partial charge >= 0.3 is 0 Å². The Bertz CT molecular complexity index is 892. The standard InChI is InChI=1S/C21H24N4O/c1-24-10-12-25(13-11-24)19-6-4-18(5-7-19)23-21(26)15-16-2-3-17-8-9-22-20(17)14-16/h2-9,14,22H,10-13,15H2,1H3,(H,23,26). The van der Waals surface area contributed by atoms with Crippen molar-refractivity contribution in [2.45, 2.75) is 6.42 Å². The van der Waals surface area contributed by atoms with Crippen LogP contribution >= 0.6 is 0 Å². The molecule has 1 saturated heterocycles. The van der Waals surface area contributed by atoms with Gasteiger partial charge in [-0.25, -0.2) is 0 Å². The number of hydrogen-bond acceptors (Lipinski definition) is 3. The fourth-order valence-electron chi connectivity index (χ4n) is 3.42. The van der Waals surface area contributed by atoms with Crippen molar-refractivity contribution in [3.05, 3.63) is 60.3 Å². The van der Waals surface area contributed by atoms with Gasteiger partial charge in [-0.05, 0) is 54.4 Å². The molecule has 5 nitrogen and oxygen atoms in total. The van der Waals surface area contributed by atoms with Crippen molar-refractivity contribution in [1.29, 1.82) is 0 Å². The van der Waals surface area contributed by atoms with Crippen LogP contribution in [0, 0.1) is 0 Å². The molecule has 0 saturated carbocycles. The molecule has 5 heteroatoms. The molecule has 0 aliphatic carbocycles. The number of aromatic nitrogens is 1. The summed E-state index contributed by atoms with van der Waals surface area (Å²) in [6.07, 6.45) is 2.28. The van der Waals surface area contributed by atoms with Crippen LogP contribution in [0.3, 0.4) is 0 Å². The SMILES string of the molecule is CN1CCN(c2ccc(NC(=O)Cc3ccc4cc[nH]c4c3)cc2)CC1. The normalized spacial score (nSPS) is 15.3. The third-order valence-corrected chi connectivity index (χ3v) is 5.00. The smallest absolute Gasteiger partial charge is 0.228 e. The van der Waals surface area contributed by atoms with Crippen molar-refractivity contribution < 1.29 is 4.79 Å². The second-order valence-corrected chi connectivity index (χ2v) is 6.96. The van der Waals surface area contributed by atoms with E-state index in [2.05, 4.69) is 39.3 Å². The molecule has 0 unspecified atom stereocenters. The largest absolute Gasteiger partial charge is 0.369 e. The maximum atomic E-state index is 12.3. The highest BCUT2D eigenvalue weighted by Crippen LogP contribution is 2.20. The zero-order valence-electron chi connectivity index (χ0n) is 15.0. The van der Waals surface area contributed by atoms with Crippen molar-refractivity contribution in [3.8, 4) is 0 Å². The summed E-state index contributed by atoms with van der Waals surface area (Å²) >= 11 is 0. The van der Waals surface area contributed by atoms with Crippen LogP contribution < -0.4 is 10.2 Å². The summed E-state index contributed by atoms with van der Waals surface area (Å²) in [6, 6.07) is 16.3. The minimum atomic E-state index is 0.00301. The van der Waals surface area contributed by atoms with Crippen LogP contribution in [0.2, 0.25) is 0 Å². The number of anilines is 2. The molecular weight excluding hydrogens is 324 g/mol. The number of carbonyl (C=O) groups is 1. The Labute approximate surface area is 153 Å². The highest BCUT2D eigenvalue weighted by molar-refractivity contribution is 5.93. The lowest BCUT2D eigenvalue weighted by molar-refractivity contribution is -0.115. The zero-order valence-corrected chi connectivity index (χ0v) is 15.0. The Morgan fingerprint density at radius 3 is 2.58 bits per heavy atom. The van der Waals surface area contributed by atoms with E-state index in [0.29, 0.717) is 6.42 Å². The number of carbonyl (C=O) groups excluding carboxylic acids is 1. The monoisotopic (exact) mass is 348 g/mol. The van der Waals surface area contributed by atoms with Crippen molar-refractivity contribution in [1.82, 2.24) is 9.88 Å². The van der Waals surface area contributed by atoms with E-state index in [1.54, 1.807) is 0 Å². The highest BCUT2D eigenvalue weighted by Gasteiger charge is 2.14. The molecular formula is C21H24N4O. The fourth-order valence-corrected chi connectivity index (χ4v) is 3.42. The van der Waals surface area contributed by atoms with Gasteiger partial charge in [-0.2, -0.15) is 0 Å². The second-order valence-electron chi connectivity index (χ2n) is 6.96. The third kappa shape index (κ3) is 3.73. The lowest BCUT2D eigenvalue weighted by atomic mass is 10.1. The first-order valence-corrected chi connectivity index (χ1v) is 9.07. The van der Waals surface area contributed by atoms with E-state index < -0.39 is 0 Å². The molecule has 1 aliphatic rings. The van der Waals surface area contributed by atoms with Gasteiger partial charge in [-0.1, -0.05) is 12.1 Å². The molecule has 2 aromatic carbocycles. The average Bonchev–Trinajstić information content (AvgIpc) is 3.11. The first-order valence-electron chi connectivity index (χ1n) is 9.07. The van der Waals surface area contributed by atoms with Gasteiger partial charge in [0.25, 0.3) is 0 Å².